The maximum absolute atomic E-state index is 12.1. The van der Waals surface area contributed by atoms with Gasteiger partial charge in [-0.05, 0) is 24.1 Å². The number of carbonyl (C=O) groups is 1. The summed E-state index contributed by atoms with van der Waals surface area (Å²) in [5.41, 5.74) is 3.14. The summed E-state index contributed by atoms with van der Waals surface area (Å²) in [6.45, 7) is 1.76. The van der Waals surface area contributed by atoms with Crippen LogP contribution in [-0.4, -0.2) is 18.9 Å². The van der Waals surface area contributed by atoms with Crippen LogP contribution >= 0.6 is 0 Å². The molecule has 0 N–H and O–H groups in total. The number of Topliss-reactive ketones (excluding diaryl/α,β-unsaturated/α-hetero) is 1. The Morgan fingerprint density at radius 2 is 1.76 bits per heavy atom. The van der Waals surface area contributed by atoms with E-state index in [0.717, 1.165) is 30.8 Å². The molecule has 0 fully saturated rings. The predicted octanol–water partition coefficient (Wildman–Crippen LogP) is 4.18. The van der Waals surface area contributed by atoms with Gasteiger partial charge in [0.1, 0.15) is 0 Å². The lowest BCUT2D eigenvalue weighted by atomic mass is 10.1. The first kappa shape index (κ1) is 13.6. The van der Waals surface area contributed by atoms with E-state index in [4.69, 9.17) is 0 Å². The molecular weight excluding hydrogens is 258 g/mol. The van der Waals surface area contributed by atoms with Crippen molar-refractivity contribution in [1.29, 1.82) is 0 Å². The molecule has 0 amide bonds. The van der Waals surface area contributed by atoms with Crippen molar-refractivity contribution >= 4 is 17.5 Å². The molecule has 0 unspecified atom stereocenters. The average Bonchev–Trinajstić information content (AvgIpc) is 2.69. The molecule has 2 aromatic rings. The van der Waals surface area contributed by atoms with Crippen molar-refractivity contribution in [2.45, 2.75) is 12.8 Å². The third-order valence-electron chi connectivity index (χ3n) is 3.81. The summed E-state index contributed by atoms with van der Waals surface area (Å²) in [6, 6.07) is 18.2. The number of nitrogens with zero attached hydrogens (tertiary/aromatic N) is 1. The molecule has 0 spiro atoms. The summed E-state index contributed by atoms with van der Waals surface area (Å²) in [6.07, 6.45) is 5.87. The second-order valence-electron chi connectivity index (χ2n) is 5.30. The summed E-state index contributed by atoms with van der Waals surface area (Å²) in [5, 5.41) is 0. The molecule has 2 aromatic carbocycles. The van der Waals surface area contributed by atoms with Gasteiger partial charge in [0.05, 0.1) is 0 Å². The van der Waals surface area contributed by atoms with E-state index in [-0.39, 0.29) is 5.78 Å². The van der Waals surface area contributed by atoms with Gasteiger partial charge in [0.25, 0.3) is 0 Å². The van der Waals surface area contributed by atoms with E-state index >= 15 is 0 Å². The molecule has 3 rings (SSSR count). The standard InChI is InChI=1S/C19H19NO/c21-19-13-7-15-20(18-12-5-4-11-17(18)19)14-6-10-16-8-2-1-3-9-16/h1-6,8-12H,7,13-15H2/b10-6+. The van der Waals surface area contributed by atoms with Gasteiger partial charge in [0, 0.05) is 30.8 Å². The quantitative estimate of drug-likeness (QED) is 0.838. The molecule has 0 saturated carbocycles. The monoisotopic (exact) mass is 277 g/mol. The number of ketones is 1. The number of fused-ring (bicyclic) bond motifs is 1. The number of benzene rings is 2. The molecular formula is C19H19NO. The Morgan fingerprint density at radius 3 is 2.62 bits per heavy atom. The Hall–Kier alpha value is -2.35. The fourth-order valence-corrected chi connectivity index (χ4v) is 2.74. The second kappa shape index (κ2) is 6.40. The molecule has 0 atom stereocenters. The number of hydrogen-bond acceptors (Lipinski definition) is 2. The lowest BCUT2D eigenvalue weighted by Crippen LogP contribution is -2.24. The smallest absolute Gasteiger partial charge is 0.165 e. The van der Waals surface area contributed by atoms with Gasteiger partial charge in [-0.1, -0.05) is 54.6 Å². The second-order valence-corrected chi connectivity index (χ2v) is 5.30. The van der Waals surface area contributed by atoms with E-state index in [1.165, 1.54) is 5.56 Å². The van der Waals surface area contributed by atoms with Crippen LogP contribution in [0.1, 0.15) is 28.8 Å². The van der Waals surface area contributed by atoms with Gasteiger partial charge in [-0.25, -0.2) is 0 Å². The van der Waals surface area contributed by atoms with Crippen LogP contribution in [-0.2, 0) is 0 Å². The van der Waals surface area contributed by atoms with Crippen LogP contribution in [0.4, 0.5) is 5.69 Å². The third-order valence-corrected chi connectivity index (χ3v) is 3.81. The van der Waals surface area contributed by atoms with E-state index in [9.17, 15) is 4.79 Å². The van der Waals surface area contributed by atoms with Crippen LogP contribution in [0.2, 0.25) is 0 Å². The van der Waals surface area contributed by atoms with Gasteiger partial charge < -0.3 is 4.90 Å². The molecule has 106 valence electrons. The maximum atomic E-state index is 12.1. The van der Waals surface area contributed by atoms with Crippen LogP contribution < -0.4 is 4.90 Å². The van der Waals surface area contributed by atoms with Gasteiger partial charge in [-0.3, -0.25) is 4.79 Å². The fraction of sp³-hybridized carbons (Fsp3) is 0.211. The first-order valence-electron chi connectivity index (χ1n) is 7.43. The van der Waals surface area contributed by atoms with Gasteiger partial charge in [-0.15, -0.1) is 0 Å². The van der Waals surface area contributed by atoms with Crippen LogP contribution in [0.15, 0.2) is 60.7 Å². The minimum atomic E-state index is 0.264. The third kappa shape index (κ3) is 3.22. The molecule has 2 nitrogen and oxygen atoms in total. The van der Waals surface area contributed by atoms with Crippen LogP contribution in [0.3, 0.4) is 0 Å². The van der Waals surface area contributed by atoms with E-state index in [0.29, 0.717) is 6.42 Å². The summed E-state index contributed by atoms with van der Waals surface area (Å²) >= 11 is 0. The van der Waals surface area contributed by atoms with Crippen molar-refractivity contribution in [3.63, 3.8) is 0 Å². The van der Waals surface area contributed by atoms with E-state index in [1.54, 1.807) is 0 Å². The highest BCUT2D eigenvalue weighted by molar-refractivity contribution is 6.02. The summed E-state index contributed by atoms with van der Waals surface area (Å²) in [7, 11) is 0. The van der Waals surface area contributed by atoms with Gasteiger partial charge in [-0.2, -0.15) is 0 Å². The number of rotatable bonds is 3. The van der Waals surface area contributed by atoms with E-state index in [2.05, 4.69) is 35.3 Å². The van der Waals surface area contributed by atoms with Crippen LogP contribution in [0.25, 0.3) is 6.08 Å². The zero-order valence-electron chi connectivity index (χ0n) is 12.0. The van der Waals surface area contributed by atoms with Crippen molar-refractivity contribution in [3.8, 4) is 0 Å². The van der Waals surface area contributed by atoms with E-state index in [1.807, 2.05) is 36.4 Å². The Balaban J connectivity index is 1.78. The van der Waals surface area contributed by atoms with Crippen LogP contribution in [0, 0.1) is 0 Å². The highest BCUT2D eigenvalue weighted by Crippen LogP contribution is 2.25. The molecule has 0 aliphatic carbocycles. The van der Waals surface area contributed by atoms with Crippen molar-refractivity contribution in [1.82, 2.24) is 0 Å². The molecule has 1 aliphatic rings. The molecule has 0 radical (unpaired) electrons. The molecule has 0 bridgehead atoms. The highest BCUT2D eigenvalue weighted by Gasteiger charge is 2.19. The van der Waals surface area contributed by atoms with Crippen molar-refractivity contribution < 1.29 is 4.79 Å². The molecule has 1 heterocycles. The van der Waals surface area contributed by atoms with E-state index < -0.39 is 0 Å². The average molecular weight is 277 g/mol. The number of hydrogen-bond donors (Lipinski definition) is 0. The van der Waals surface area contributed by atoms with Crippen molar-refractivity contribution in [2.24, 2.45) is 0 Å². The molecule has 1 aliphatic heterocycles. The normalized spacial score (nSPS) is 15.0. The maximum Gasteiger partial charge on any atom is 0.165 e. The Bertz CT molecular complexity index is 646. The topological polar surface area (TPSA) is 20.3 Å². The molecule has 0 aromatic heterocycles. The molecule has 2 heteroatoms. The largest absolute Gasteiger partial charge is 0.367 e. The Morgan fingerprint density at radius 1 is 1.00 bits per heavy atom. The SMILES string of the molecule is O=C1CCCN(C/C=C/c2ccccc2)c2ccccc21. The predicted molar refractivity (Wildman–Crippen MR) is 87.7 cm³/mol. The van der Waals surface area contributed by atoms with Gasteiger partial charge >= 0.3 is 0 Å². The van der Waals surface area contributed by atoms with Gasteiger partial charge in [0.15, 0.2) is 5.78 Å². The van der Waals surface area contributed by atoms with Gasteiger partial charge in [0.2, 0.25) is 0 Å². The number of anilines is 1. The first-order valence-corrected chi connectivity index (χ1v) is 7.43. The van der Waals surface area contributed by atoms with Crippen molar-refractivity contribution in [2.75, 3.05) is 18.0 Å². The minimum Gasteiger partial charge on any atom is -0.367 e. The highest BCUT2D eigenvalue weighted by atomic mass is 16.1. The number of carbonyl (C=O) groups excluding carboxylic acids is 1. The van der Waals surface area contributed by atoms with Crippen LogP contribution in [0.5, 0.6) is 0 Å². The minimum absolute atomic E-state index is 0.264. The summed E-state index contributed by atoms with van der Waals surface area (Å²) in [5.74, 6) is 0.264. The zero-order chi connectivity index (χ0) is 14.5. The molecule has 21 heavy (non-hydrogen) atoms. The first-order chi connectivity index (χ1) is 10.3. The lowest BCUT2D eigenvalue weighted by Gasteiger charge is -2.22. The fourth-order valence-electron chi connectivity index (χ4n) is 2.74. The summed E-state index contributed by atoms with van der Waals surface area (Å²) in [4.78, 5) is 14.4. The Kier molecular flexibility index (Phi) is 4.15. The Labute approximate surface area is 125 Å². The summed E-state index contributed by atoms with van der Waals surface area (Å²) < 4.78 is 0. The van der Waals surface area contributed by atoms with Crippen molar-refractivity contribution in [3.05, 3.63) is 71.8 Å². The molecule has 0 saturated heterocycles. The zero-order valence-corrected chi connectivity index (χ0v) is 12.0. The lowest BCUT2D eigenvalue weighted by molar-refractivity contribution is 0.0984. The number of para-hydroxylation sites is 1.